The molecule has 0 aromatic rings. The lowest BCUT2D eigenvalue weighted by Crippen LogP contribution is -2.30. The summed E-state index contributed by atoms with van der Waals surface area (Å²) in [4.78, 5) is 0. The zero-order valence-electron chi connectivity index (χ0n) is 53.2. The molecule has 6 saturated carbocycles. The van der Waals surface area contributed by atoms with Gasteiger partial charge in [-0.05, 0) is 182 Å². The first-order chi connectivity index (χ1) is 31.8. The van der Waals surface area contributed by atoms with Gasteiger partial charge < -0.3 is 0 Å². The highest BCUT2D eigenvalue weighted by atomic mass is 14.4. The Morgan fingerprint density at radius 1 is 0.406 bits per heavy atom. The first-order valence-corrected chi connectivity index (χ1v) is 31.8. The maximum absolute atomic E-state index is 2.46. The summed E-state index contributed by atoms with van der Waals surface area (Å²) in [5, 5.41) is 0. The largest absolute Gasteiger partial charge is 0.0628 e. The average Bonchev–Trinajstić information content (AvgIpc) is 4.08. The number of hydrogen-bond acceptors (Lipinski definition) is 0. The molecule has 0 aliphatic heterocycles. The fraction of sp³-hybridized carbons (Fsp3) is 1.00. The summed E-state index contributed by atoms with van der Waals surface area (Å²) in [5.41, 5.74) is 2.46. The lowest BCUT2D eigenvalue weighted by molar-refractivity contribution is 0.0964. The zero-order valence-corrected chi connectivity index (χ0v) is 53.2. The third-order valence-electron chi connectivity index (χ3n) is 19.3. The van der Waals surface area contributed by atoms with Crippen LogP contribution in [0.15, 0.2) is 0 Å². The molecule has 0 nitrogen and oxygen atoms in total. The molecular weight excluding hydrogens is 829 g/mol. The Hall–Kier alpha value is 0. The number of hydrogen-bond donors (Lipinski definition) is 0. The van der Waals surface area contributed by atoms with Crippen LogP contribution in [0.2, 0.25) is 0 Å². The van der Waals surface area contributed by atoms with Crippen LogP contribution in [0.1, 0.15) is 340 Å². The summed E-state index contributed by atoms with van der Waals surface area (Å²) in [5.74, 6) is 13.5. The Morgan fingerprint density at radius 3 is 1.09 bits per heavy atom. The highest BCUT2D eigenvalue weighted by Crippen LogP contribution is 2.49. The molecule has 0 aromatic heterocycles. The standard InChI is InChI=1S/C11H22.4C10H20.C9H18.C9H20/c1-9(2)8-11(3,4)10-6-5-7-10;1-8(2)7-10(3,4)9-5-6-9;1-8(2)10-6-4-9(3)5-7-10;1-9(2)10(3)7-5-4-6-8-10;1-8(2)10-7-5-4-6-9(10)3;1-8(2)9-6-4-3-5-7-9;1-8(2)6-7-9(3,4)5/h9-10H,5-8H2,1-4H3;8-9H,5-7H2,1-4H3;8-10H,4-7H2,1-3H3;9H,4-8H2,1-3H3;8-10H,4-7H2,1-3H3;8-9H,3-7H2,1-2H3;8H,6-7H2,1-5H3. The highest BCUT2D eigenvalue weighted by Gasteiger charge is 2.38. The van der Waals surface area contributed by atoms with E-state index in [1.807, 2.05) is 0 Å². The van der Waals surface area contributed by atoms with Gasteiger partial charge in [0.25, 0.3) is 0 Å². The van der Waals surface area contributed by atoms with Crippen LogP contribution in [-0.2, 0) is 0 Å². The van der Waals surface area contributed by atoms with Crippen LogP contribution in [-0.4, -0.2) is 0 Å². The first-order valence-electron chi connectivity index (χ1n) is 31.8. The Balaban J connectivity index is 0.000000783. The normalized spacial score (nSPS) is 24.6. The summed E-state index contributed by atoms with van der Waals surface area (Å²) < 4.78 is 0. The van der Waals surface area contributed by atoms with Crippen molar-refractivity contribution in [2.75, 3.05) is 0 Å². The van der Waals surface area contributed by atoms with E-state index in [1.54, 1.807) is 0 Å². The number of rotatable bonds is 12. The molecule has 0 spiro atoms. The molecule has 0 saturated heterocycles. The zero-order chi connectivity index (χ0) is 53.2. The van der Waals surface area contributed by atoms with Crippen LogP contribution in [0.5, 0.6) is 0 Å². The topological polar surface area (TPSA) is 0 Å². The molecule has 0 heterocycles. The Kier molecular flexibility index (Phi) is 35.3. The third-order valence-corrected chi connectivity index (χ3v) is 19.3. The Bertz CT molecular complexity index is 1150. The van der Waals surface area contributed by atoms with Crippen molar-refractivity contribution in [3.05, 3.63) is 0 Å². The molecule has 6 aliphatic rings. The van der Waals surface area contributed by atoms with E-state index in [1.165, 1.54) is 173 Å². The summed E-state index contributed by atoms with van der Waals surface area (Å²) >= 11 is 0. The molecule has 2 unspecified atom stereocenters. The van der Waals surface area contributed by atoms with Crippen molar-refractivity contribution in [2.45, 2.75) is 340 Å². The van der Waals surface area contributed by atoms with Crippen LogP contribution in [0.25, 0.3) is 0 Å². The lowest BCUT2D eigenvalue weighted by Gasteiger charge is -2.41. The molecular formula is C69H140. The molecule has 416 valence electrons. The van der Waals surface area contributed by atoms with Crippen molar-refractivity contribution in [1.82, 2.24) is 0 Å². The highest BCUT2D eigenvalue weighted by molar-refractivity contribution is 4.88. The summed E-state index contributed by atoms with van der Waals surface area (Å²) in [7, 11) is 0. The van der Waals surface area contributed by atoms with E-state index in [0.29, 0.717) is 21.7 Å². The smallest absolute Gasteiger partial charge is 0.0303 e. The van der Waals surface area contributed by atoms with Crippen LogP contribution in [0.4, 0.5) is 0 Å². The van der Waals surface area contributed by atoms with E-state index in [9.17, 15) is 0 Å². The second kappa shape index (κ2) is 35.3. The van der Waals surface area contributed by atoms with Crippen LogP contribution in [0, 0.1) is 105 Å². The van der Waals surface area contributed by atoms with Gasteiger partial charge in [0.05, 0.1) is 0 Å². The van der Waals surface area contributed by atoms with Crippen molar-refractivity contribution in [3.8, 4) is 0 Å². The van der Waals surface area contributed by atoms with Gasteiger partial charge in [0.1, 0.15) is 0 Å². The second-order valence-electron chi connectivity index (χ2n) is 31.0. The van der Waals surface area contributed by atoms with E-state index in [4.69, 9.17) is 0 Å². The minimum Gasteiger partial charge on any atom is -0.0628 e. The van der Waals surface area contributed by atoms with Gasteiger partial charge in [-0.1, -0.05) is 262 Å². The molecule has 6 aliphatic carbocycles. The van der Waals surface area contributed by atoms with Gasteiger partial charge >= 0.3 is 0 Å². The van der Waals surface area contributed by atoms with E-state index in [0.717, 1.165) is 82.9 Å². The fourth-order valence-electron chi connectivity index (χ4n) is 13.2. The predicted molar refractivity (Wildman–Crippen MR) is 319 cm³/mol. The summed E-state index contributed by atoms with van der Waals surface area (Å²) in [6.45, 7) is 56.7. The van der Waals surface area contributed by atoms with Gasteiger partial charge in [-0.15, -0.1) is 0 Å². The molecule has 0 N–H and O–H groups in total. The molecule has 69 heavy (non-hydrogen) atoms. The van der Waals surface area contributed by atoms with Gasteiger partial charge in [0, 0.05) is 0 Å². The minimum atomic E-state index is 0.532. The van der Waals surface area contributed by atoms with Crippen LogP contribution in [0.3, 0.4) is 0 Å². The van der Waals surface area contributed by atoms with Gasteiger partial charge in [0.15, 0.2) is 0 Å². The lowest BCUT2D eigenvalue weighted by atomic mass is 9.64. The average molecular weight is 970 g/mol. The first kappa shape index (κ1) is 69.0. The molecule has 0 heteroatoms. The monoisotopic (exact) mass is 969 g/mol. The predicted octanol–water partition coefficient (Wildman–Crippen LogP) is 24.6. The molecule has 6 fully saturated rings. The Labute approximate surface area is 442 Å². The summed E-state index contributed by atoms with van der Waals surface area (Å²) in [6.07, 6.45) is 39.6. The maximum atomic E-state index is 2.46. The van der Waals surface area contributed by atoms with Gasteiger partial charge in [-0.2, -0.15) is 0 Å². The SMILES string of the molecule is CC(C)C1(C)CCCCC1.CC(C)C1CCCCC1.CC(C)C1CCCCC1C.CC(C)CC(C)(C)C1CC1.CC(C)CC(C)(C)C1CCC1.CC(C)CCC(C)(C)C.CC1CCC(C(C)C)CC1. The van der Waals surface area contributed by atoms with Gasteiger partial charge in [-0.25, -0.2) is 0 Å². The van der Waals surface area contributed by atoms with E-state index in [2.05, 4.69) is 166 Å². The van der Waals surface area contributed by atoms with E-state index < -0.39 is 0 Å². The second-order valence-corrected chi connectivity index (χ2v) is 31.0. The fourth-order valence-corrected chi connectivity index (χ4v) is 13.2. The molecule has 0 aromatic carbocycles. The molecule has 6 rings (SSSR count). The van der Waals surface area contributed by atoms with Crippen molar-refractivity contribution in [3.63, 3.8) is 0 Å². The maximum Gasteiger partial charge on any atom is -0.0303 e. The van der Waals surface area contributed by atoms with E-state index in [-0.39, 0.29) is 0 Å². The van der Waals surface area contributed by atoms with Gasteiger partial charge in [-0.3, -0.25) is 0 Å². The molecule has 2 atom stereocenters. The van der Waals surface area contributed by atoms with Gasteiger partial charge in [0.2, 0.25) is 0 Å². The quantitative estimate of drug-likeness (QED) is 0.183. The Morgan fingerprint density at radius 2 is 0.812 bits per heavy atom. The van der Waals surface area contributed by atoms with Crippen molar-refractivity contribution in [2.24, 2.45) is 105 Å². The molecule has 0 radical (unpaired) electrons. The van der Waals surface area contributed by atoms with Crippen LogP contribution >= 0.6 is 0 Å². The van der Waals surface area contributed by atoms with Crippen molar-refractivity contribution in [1.29, 1.82) is 0 Å². The van der Waals surface area contributed by atoms with E-state index >= 15 is 0 Å². The van der Waals surface area contributed by atoms with Crippen molar-refractivity contribution < 1.29 is 0 Å². The van der Waals surface area contributed by atoms with Crippen LogP contribution < -0.4 is 0 Å². The molecule has 0 amide bonds. The molecule has 0 bridgehead atoms. The minimum absolute atomic E-state index is 0.532. The third kappa shape index (κ3) is 33.5. The summed E-state index contributed by atoms with van der Waals surface area (Å²) in [6, 6.07) is 0. The van der Waals surface area contributed by atoms with Crippen molar-refractivity contribution >= 4 is 0 Å².